The number of imidazole rings is 1. The minimum atomic E-state index is 0.550. The van der Waals surface area contributed by atoms with Crippen LogP contribution >= 0.6 is 15.9 Å². The van der Waals surface area contributed by atoms with E-state index in [-0.39, 0.29) is 0 Å². The van der Waals surface area contributed by atoms with Gasteiger partial charge in [-0.15, -0.1) is 0 Å². The highest BCUT2D eigenvalue weighted by atomic mass is 79.9. The molecule has 0 unspecified atom stereocenters. The number of rotatable bonds is 5. The molecule has 27 heavy (non-hydrogen) atoms. The molecule has 1 heterocycles. The molecule has 0 fully saturated rings. The van der Waals surface area contributed by atoms with E-state index in [4.69, 9.17) is 5.73 Å². The fourth-order valence-electron chi connectivity index (χ4n) is 3.18. The Morgan fingerprint density at radius 1 is 0.778 bits per heavy atom. The monoisotopic (exact) mass is 417 g/mol. The minimum absolute atomic E-state index is 0.550. The van der Waals surface area contributed by atoms with Gasteiger partial charge in [0.15, 0.2) is 0 Å². The molecule has 0 amide bonds. The van der Waals surface area contributed by atoms with E-state index in [1.165, 1.54) is 22.3 Å². The van der Waals surface area contributed by atoms with Gasteiger partial charge in [0.05, 0.1) is 12.7 Å². The minimum Gasteiger partial charge on any atom is -0.369 e. The van der Waals surface area contributed by atoms with Gasteiger partial charge >= 0.3 is 0 Å². The number of nitrogens with two attached hydrogens (primary N) is 1. The molecular weight excluding hydrogens is 398 g/mol. The second-order valence-corrected chi connectivity index (χ2v) is 7.48. The Morgan fingerprint density at radius 2 is 1.41 bits per heavy atom. The van der Waals surface area contributed by atoms with Crippen LogP contribution in [0.1, 0.15) is 16.8 Å². The maximum absolute atomic E-state index is 6.12. The zero-order valence-corrected chi connectivity index (χ0v) is 16.4. The van der Waals surface area contributed by atoms with Gasteiger partial charge < -0.3 is 10.3 Å². The molecule has 2 N–H and O–H groups in total. The van der Waals surface area contributed by atoms with Crippen LogP contribution < -0.4 is 5.73 Å². The molecule has 0 radical (unpaired) electrons. The summed E-state index contributed by atoms with van der Waals surface area (Å²) >= 11 is 3.48. The van der Waals surface area contributed by atoms with Gasteiger partial charge in [-0.3, -0.25) is 0 Å². The van der Waals surface area contributed by atoms with Crippen LogP contribution in [0.5, 0.6) is 0 Å². The summed E-state index contributed by atoms with van der Waals surface area (Å²) in [6, 6.07) is 27.4. The van der Waals surface area contributed by atoms with E-state index < -0.39 is 0 Å². The summed E-state index contributed by atoms with van der Waals surface area (Å²) < 4.78 is 3.15. The molecule has 3 nitrogen and oxygen atoms in total. The van der Waals surface area contributed by atoms with Crippen molar-refractivity contribution in [3.8, 4) is 11.1 Å². The molecule has 3 aromatic carbocycles. The molecule has 134 valence electrons. The average Bonchev–Trinajstić information content (AvgIpc) is 3.04. The number of nitrogens with zero attached hydrogens (tertiary/aromatic N) is 2. The lowest BCUT2D eigenvalue weighted by atomic mass is 10.0. The topological polar surface area (TPSA) is 43.8 Å². The van der Waals surface area contributed by atoms with Crippen molar-refractivity contribution in [3.05, 3.63) is 106 Å². The highest BCUT2D eigenvalue weighted by Gasteiger charge is 2.09. The Labute approximate surface area is 167 Å². The molecule has 0 aliphatic rings. The van der Waals surface area contributed by atoms with Crippen molar-refractivity contribution in [2.24, 2.45) is 0 Å². The van der Waals surface area contributed by atoms with Crippen molar-refractivity contribution in [2.45, 2.75) is 13.0 Å². The fourth-order valence-corrected chi connectivity index (χ4v) is 3.44. The standard InChI is InChI=1S/C23H20BrN3/c24-21-12-8-18(9-13-21)16-27-22(15-26-23(27)25)14-17-6-10-20(11-7-17)19-4-2-1-3-5-19/h1-13,15H,14,16H2,(H2,25,26). The van der Waals surface area contributed by atoms with Crippen LogP contribution in [0.2, 0.25) is 0 Å². The Hall–Kier alpha value is -2.85. The normalized spacial score (nSPS) is 10.9. The number of nitrogen functional groups attached to an aromatic ring is 1. The Bertz CT molecular complexity index is 1020. The quantitative estimate of drug-likeness (QED) is 0.463. The van der Waals surface area contributed by atoms with Crippen LogP contribution in [-0.2, 0) is 13.0 Å². The molecule has 1 aromatic heterocycles. The molecule has 4 rings (SSSR count). The first-order valence-electron chi connectivity index (χ1n) is 8.88. The highest BCUT2D eigenvalue weighted by molar-refractivity contribution is 9.10. The van der Waals surface area contributed by atoms with Gasteiger partial charge in [-0.25, -0.2) is 4.98 Å². The summed E-state index contributed by atoms with van der Waals surface area (Å²) in [5.41, 5.74) is 12.1. The first kappa shape index (κ1) is 17.6. The molecule has 0 aliphatic heterocycles. The average molecular weight is 418 g/mol. The molecular formula is C23H20BrN3. The summed E-state index contributed by atoms with van der Waals surface area (Å²) in [5.74, 6) is 0.550. The van der Waals surface area contributed by atoms with Gasteiger partial charge in [0, 0.05) is 16.6 Å². The van der Waals surface area contributed by atoms with Gasteiger partial charge in [-0.1, -0.05) is 82.7 Å². The first-order valence-corrected chi connectivity index (χ1v) is 9.67. The number of aromatic nitrogens is 2. The van der Waals surface area contributed by atoms with Crippen molar-refractivity contribution in [3.63, 3.8) is 0 Å². The Morgan fingerprint density at radius 3 is 2.11 bits per heavy atom. The maximum atomic E-state index is 6.12. The second-order valence-electron chi connectivity index (χ2n) is 6.56. The predicted octanol–water partition coefficient (Wildman–Crippen LogP) is 5.53. The van der Waals surface area contributed by atoms with Crippen LogP contribution in [0.15, 0.2) is 89.5 Å². The molecule has 0 saturated carbocycles. The first-order chi connectivity index (χ1) is 13.2. The summed E-state index contributed by atoms with van der Waals surface area (Å²) in [4.78, 5) is 4.32. The van der Waals surface area contributed by atoms with E-state index in [1.807, 2.05) is 24.4 Å². The van der Waals surface area contributed by atoms with Gasteiger partial charge in [0.2, 0.25) is 5.95 Å². The fraction of sp³-hybridized carbons (Fsp3) is 0.0870. The van der Waals surface area contributed by atoms with E-state index in [1.54, 1.807) is 0 Å². The lowest BCUT2D eigenvalue weighted by Gasteiger charge is -2.11. The van der Waals surface area contributed by atoms with Crippen molar-refractivity contribution < 1.29 is 0 Å². The van der Waals surface area contributed by atoms with Crippen LogP contribution in [0, 0.1) is 0 Å². The number of hydrogen-bond acceptors (Lipinski definition) is 2. The maximum Gasteiger partial charge on any atom is 0.200 e. The second kappa shape index (κ2) is 7.80. The smallest absolute Gasteiger partial charge is 0.200 e. The summed E-state index contributed by atoms with van der Waals surface area (Å²) in [7, 11) is 0. The van der Waals surface area contributed by atoms with E-state index in [0.717, 1.165) is 23.1 Å². The highest BCUT2D eigenvalue weighted by Crippen LogP contribution is 2.21. The predicted molar refractivity (Wildman–Crippen MR) is 115 cm³/mol. The van der Waals surface area contributed by atoms with Gasteiger partial charge in [0.25, 0.3) is 0 Å². The third-order valence-corrected chi connectivity index (χ3v) is 5.20. The van der Waals surface area contributed by atoms with Gasteiger partial charge in [-0.05, 0) is 34.4 Å². The van der Waals surface area contributed by atoms with Crippen molar-refractivity contribution >= 4 is 21.9 Å². The van der Waals surface area contributed by atoms with Crippen molar-refractivity contribution in [1.82, 2.24) is 9.55 Å². The summed E-state index contributed by atoms with van der Waals surface area (Å²) in [6.45, 7) is 0.719. The molecule has 0 spiro atoms. The number of benzene rings is 3. The van der Waals surface area contributed by atoms with E-state index >= 15 is 0 Å². The Kier molecular flexibility index (Phi) is 5.07. The summed E-state index contributed by atoms with van der Waals surface area (Å²) in [5, 5.41) is 0. The molecule has 0 atom stereocenters. The third kappa shape index (κ3) is 4.12. The largest absolute Gasteiger partial charge is 0.369 e. The van der Waals surface area contributed by atoms with Crippen molar-refractivity contribution in [1.29, 1.82) is 0 Å². The van der Waals surface area contributed by atoms with Crippen LogP contribution in [-0.4, -0.2) is 9.55 Å². The van der Waals surface area contributed by atoms with E-state index in [2.05, 4.69) is 86.1 Å². The molecule has 4 heteroatoms. The number of hydrogen-bond donors (Lipinski definition) is 1. The lowest BCUT2D eigenvalue weighted by Crippen LogP contribution is -2.08. The summed E-state index contributed by atoms with van der Waals surface area (Å²) in [6.07, 6.45) is 2.68. The van der Waals surface area contributed by atoms with Crippen LogP contribution in [0.3, 0.4) is 0 Å². The molecule has 0 saturated heterocycles. The lowest BCUT2D eigenvalue weighted by molar-refractivity contribution is 0.765. The van der Waals surface area contributed by atoms with Crippen molar-refractivity contribution in [2.75, 3.05) is 5.73 Å². The Balaban J connectivity index is 1.54. The number of anilines is 1. The molecule has 0 bridgehead atoms. The van der Waals surface area contributed by atoms with Gasteiger partial charge in [0.1, 0.15) is 0 Å². The van der Waals surface area contributed by atoms with E-state index in [9.17, 15) is 0 Å². The van der Waals surface area contributed by atoms with E-state index in [0.29, 0.717) is 5.95 Å². The zero-order valence-electron chi connectivity index (χ0n) is 14.8. The van der Waals surface area contributed by atoms with Gasteiger partial charge in [-0.2, -0.15) is 0 Å². The molecule has 4 aromatic rings. The van der Waals surface area contributed by atoms with Crippen LogP contribution in [0.4, 0.5) is 5.95 Å². The SMILES string of the molecule is Nc1ncc(Cc2ccc(-c3ccccc3)cc2)n1Cc1ccc(Br)cc1. The zero-order chi connectivity index (χ0) is 18.6. The van der Waals surface area contributed by atoms with Crippen LogP contribution in [0.25, 0.3) is 11.1 Å². The number of halogens is 1. The third-order valence-electron chi connectivity index (χ3n) is 4.67. The molecule has 0 aliphatic carbocycles.